The number of halogens is 1. The molecule has 1 aromatic heterocycles. The molecule has 0 unspecified atom stereocenters. The summed E-state index contributed by atoms with van der Waals surface area (Å²) in [4.78, 5) is 11.2. The van der Waals surface area contributed by atoms with Crippen LogP contribution in [0, 0.1) is 20.8 Å². The van der Waals surface area contributed by atoms with Crippen molar-refractivity contribution in [3.8, 4) is 5.75 Å². The van der Waals surface area contributed by atoms with Gasteiger partial charge in [-0.15, -0.1) is 15.3 Å². The van der Waals surface area contributed by atoms with Gasteiger partial charge in [0.15, 0.2) is 5.75 Å². The number of nitrogens with one attached hydrogen (secondary N) is 2. The van der Waals surface area contributed by atoms with E-state index in [0.29, 0.717) is 11.4 Å². The fourth-order valence-corrected chi connectivity index (χ4v) is 6.61. The number of benzene rings is 5. The Balaban J connectivity index is 1.39. The summed E-state index contributed by atoms with van der Waals surface area (Å²) in [5, 5.41) is 33.3. The fourth-order valence-electron chi connectivity index (χ4n) is 5.17. The van der Waals surface area contributed by atoms with E-state index in [2.05, 4.69) is 46.0 Å². The molecule has 276 valence electrons. The highest BCUT2D eigenvalue weighted by atomic mass is 35.5. The molecule has 0 fully saturated rings. The number of phenols is 1. The van der Waals surface area contributed by atoms with E-state index in [-0.39, 0.29) is 56.3 Å². The third-order valence-electron chi connectivity index (χ3n) is 7.78. The summed E-state index contributed by atoms with van der Waals surface area (Å²) in [5.41, 5.74) is 8.49. The maximum Gasteiger partial charge on any atom is 0.296 e. The van der Waals surface area contributed by atoms with Gasteiger partial charge in [-0.1, -0.05) is 35.4 Å². The van der Waals surface area contributed by atoms with E-state index in [1.54, 1.807) is 24.3 Å². The average molecular weight is 789 g/mol. The van der Waals surface area contributed by atoms with Gasteiger partial charge < -0.3 is 21.5 Å². The number of nitrogens with zero attached hydrogens (tertiary/aromatic N) is 7. The second kappa shape index (κ2) is 14.7. The zero-order chi connectivity index (χ0) is 38.9. The minimum Gasteiger partial charge on any atom is -0.505 e. The summed E-state index contributed by atoms with van der Waals surface area (Å²) < 4.78 is 69.4. The quantitative estimate of drug-likeness (QED) is 0.0431. The van der Waals surface area contributed by atoms with Crippen LogP contribution in [0.1, 0.15) is 16.7 Å². The molecule has 0 aliphatic rings. The van der Waals surface area contributed by atoms with Crippen LogP contribution in [-0.2, 0) is 20.2 Å². The fraction of sp³-hybridized carbons (Fsp3) is 0.0882. The highest BCUT2D eigenvalue weighted by Crippen LogP contribution is 2.47. The molecule has 1 heterocycles. The van der Waals surface area contributed by atoms with Crippen LogP contribution < -0.4 is 16.4 Å². The molecule has 6 aromatic rings. The van der Waals surface area contributed by atoms with E-state index in [1.807, 2.05) is 38.1 Å². The number of rotatable bonds is 10. The Labute approximate surface area is 313 Å². The molecular weight excluding hydrogens is 760 g/mol. The molecule has 5 aromatic carbocycles. The van der Waals surface area contributed by atoms with Gasteiger partial charge in [0.1, 0.15) is 26.9 Å². The first-order chi connectivity index (χ1) is 25.5. The third-order valence-corrected chi connectivity index (χ3v) is 9.72. The third kappa shape index (κ3) is 8.40. The van der Waals surface area contributed by atoms with E-state index in [9.17, 15) is 31.0 Å². The van der Waals surface area contributed by atoms with Crippen molar-refractivity contribution in [2.24, 2.45) is 20.5 Å². The lowest BCUT2D eigenvalue weighted by Crippen LogP contribution is -2.04. The van der Waals surface area contributed by atoms with Gasteiger partial charge in [-0.2, -0.15) is 36.9 Å². The molecule has 0 atom stereocenters. The van der Waals surface area contributed by atoms with Crippen LogP contribution in [0.15, 0.2) is 109 Å². The number of azo groups is 2. The smallest absolute Gasteiger partial charge is 0.296 e. The van der Waals surface area contributed by atoms with Crippen molar-refractivity contribution in [2.45, 2.75) is 30.6 Å². The molecular formula is C34H29ClN10O7S2. The second-order valence-electron chi connectivity index (χ2n) is 11.9. The standard InChI is InChI=1S/C34H29ClN10O7S2/c1-17-4-8-21(9-5-17)37-33-39-32(35)40-34(41-33)38-23-12-13-25(53(47,48)49)24(16-23)43-44-29-19(3)14-20-15-26(54(50,51)52)30(28(36)27(20)31(29)46)45-42-22-10-6-18(2)7-11-22/h4-16,46H,36H2,1-3H3,(H,47,48,49)(H,50,51,52)(H2,37,38,39,40,41). The monoisotopic (exact) mass is 788 g/mol. The molecule has 6 rings (SSSR count). The number of nitrogen functional groups attached to an aromatic ring is 1. The Morgan fingerprint density at radius 1 is 0.667 bits per heavy atom. The van der Waals surface area contributed by atoms with Gasteiger partial charge in [-0.3, -0.25) is 9.11 Å². The molecule has 0 saturated heterocycles. The summed E-state index contributed by atoms with van der Waals surface area (Å²) in [5.74, 6) is -0.484. The number of hydrogen-bond donors (Lipinski definition) is 6. The first-order valence-corrected chi connectivity index (χ1v) is 18.8. The predicted octanol–water partition coefficient (Wildman–Crippen LogP) is 8.70. The van der Waals surface area contributed by atoms with Crippen molar-refractivity contribution in [1.29, 1.82) is 0 Å². The molecule has 0 spiro atoms. The average Bonchev–Trinajstić information content (AvgIpc) is 3.08. The molecule has 0 saturated carbocycles. The van der Waals surface area contributed by atoms with Crippen molar-refractivity contribution < 1.29 is 31.0 Å². The predicted molar refractivity (Wildman–Crippen MR) is 203 cm³/mol. The van der Waals surface area contributed by atoms with E-state index in [0.717, 1.165) is 23.3 Å². The van der Waals surface area contributed by atoms with Crippen molar-refractivity contribution in [2.75, 3.05) is 16.4 Å². The number of aromatic hydroxyl groups is 1. The van der Waals surface area contributed by atoms with Gasteiger partial charge in [0.05, 0.1) is 16.8 Å². The number of hydrogen-bond acceptors (Lipinski definition) is 15. The van der Waals surface area contributed by atoms with Crippen molar-refractivity contribution in [3.05, 3.63) is 101 Å². The Morgan fingerprint density at radius 3 is 1.83 bits per heavy atom. The maximum atomic E-state index is 12.4. The Morgan fingerprint density at radius 2 is 1.22 bits per heavy atom. The van der Waals surface area contributed by atoms with E-state index >= 15 is 0 Å². The van der Waals surface area contributed by atoms with E-state index in [4.69, 9.17) is 17.3 Å². The first kappa shape index (κ1) is 37.6. The molecule has 0 amide bonds. The van der Waals surface area contributed by atoms with Crippen LogP contribution in [0.3, 0.4) is 0 Å². The van der Waals surface area contributed by atoms with E-state index < -0.39 is 41.5 Å². The summed E-state index contributed by atoms with van der Waals surface area (Å²) in [6.07, 6.45) is 0. The normalized spacial score (nSPS) is 12.2. The number of aryl methyl sites for hydroxylation is 3. The summed E-state index contributed by atoms with van der Waals surface area (Å²) in [7, 11) is -9.71. The molecule has 7 N–H and O–H groups in total. The second-order valence-corrected chi connectivity index (χ2v) is 15.0. The molecule has 54 heavy (non-hydrogen) atoms. The lowest BCUT2D eigenvalue weighted by atomic mass is 10.0. The van der Waals surface area contributed by atoms with Gasteiger partial charge in [0.2, 0.25) is 17.2 Å². The van der Waals surface area contributed by atoms with Crippen LogP contribution in [0.25, 0.3) is 10.8 Å². The highest BCUT2D eigenvalue weighted by molar-refractivity contribution is 7.86. The van der Waals surface area contributed by atoms with Crippen LogP contribution in [-0.4, -0.2) is 46.0 Å². The van der Waals surface area contributed by atoms with Crippen LogP contribution in [0.4, 0.5) is 51.7 Å². The van der Waals surface area contributed by atoms with Crippen LogP contribution in [0.5, 0.6) is 5.75 Å². The summed E-state index contributed by atoms with van der Waals surface area (Å²) in [6, 6.07) is 20.3. The van der Waals surface area contributed by atoms with Gasteiger partial charge in [-0.05, 0) is 97.9 Å². The molecule has 0 aliphatic carbocycles. The van der Waals surface area contributed by atoms with Crippen molar-refractivity contribution in [3.63, 3.8) is 0 Å². The van der Waals surface area contributed by atoms with Gasteiger partial charge in [0.25, 0.3) is 20.2 Å². The minimum atomic E-state index is -4.87. The maximum absolute atomic E-state index is 12.4. The highest BCUT2D eigenvalue weighted by Gasteiger charge is 2.25. The SMILES string of the molecule is Cc1ccc(N=Nc2c(S(=O)(=O)O)cc3cc(C)c(N=Nc4cc(Nc5nc(Cl)nc(Nc6ccc(C)cc6)n5)ccc4S(=O)(=O)O)c(O)c3c2N)cc1. The van der Waals surface area contributed by atoms with Crippen molar-refractivity contribution >= 4 is 94.3 Å². The minimum absolute atomic E-state index is 0.0230. The lowest BCUT2D eigenvalue weighted by Gasteiger charge is -2.14. The number of phenolic OH excluding ortho intramolecular Hbond substituents is 1. The molecule has 0 radical (unpaired) electrons. The topological polar surface area (TPSA) is 267 Å². The van der Waals surface area contributed by atoms with Gasteiger partial charge in [-0.25, -0.2) is 0 Å². The molecule has 0 aliphatic heterocycles. The van der Waals surface area contributed by atoms with Crippen LogP contribution in [0.2, 0.25) is 5.28 Å². The van der Waals surface area contributed by atoms with E-state index in [1.165, 1.54) is 25.1 Å². The molecule has 17 nitrogen and oxygen atoms in total. The molecule has 0 bridgehead atoms. The first-order valence-electron chi connectivity index (χ1n) is 15.6. The van der Waals surface area contributed by atoms with Gasteiger partial charge >= 0.3 is 0 Å². The number of nitrogens with two attached hydrogens (primary N) is 1. The number of fused-ring (bicyclic) bond motifs is 1. The number of anilines is 5. The Bertz CT molecular complexity index is 2730. The summed E-state index contributed by atoms with van der Waals surface area (Å²) >= 11 is 6.14. The molecule has 20 heteroatoms. The van der Waals surface area contributed by atoms with Crippen molar-refractivity contribution in [1.82, 2.24) is 15.0 Å². The van der Waals surface area contributed by atoms with Gasteiger partial charge in [0, 0.05) is 11.4 Å². The van der Waals surface area contributed by atoms with Crippen LogP contribution >= 0.6 is 11.6 Å². The zero-order valence-corrected chi connectivity index (χ0v) is 30.8. The number of aromatic nitrogens is 3. The lowest BCUT2D eigenvalue weighted by molar-refractivity contribution is 0.480. The Hall–Kier alpha value is -6.12. The largest absolute Gasteiger partial charge is 0.505 e. The summed E-state index contributed by atoms with van der Waals surface area (Å²) in [6.45, 7) is 5.32. The Kier molecular flexibility index (Phi) is 10.3. The zero-order valence-electron chi connectivity index (χ0n) is 28.4.